The van der Waals surface area contributed by atoms with Crippen LogP contribution in [0.3, 0.4) is 0 Å². The number of carboxylic acid groups (broad SMARTS) is 1. The van der Waals surface area contributed by atoms with Crippen LogP contribution in [-0.2, 0) is 9.59 Å². The maximum Gasteiger partial charge on any atom is 0.326 e. The number of amides is 3. The Bertz CT molecular complexity index is 442. The Labute approximate surface area is 122 Å². The molecule has 0 aromatic rings. The number of urea groups is 1. The minimum atomic E-state index is -1.13. The van der Waals surface area contributed by atoms with E-state index in [1.807, 2.05) is 0 Å². The van der Waals surface area contributed by atoms with E-state index in [9.17, 15) is 19.5 Å². The molecule has 3 N–H and O–H groups in total. The monoisotopic (exact) mass is 299 g/mol. The van der Waals surface area contributed by atoms with Crippen LogP contribution in [0.1, 0.15) is 25.7 Å². The Balaban J connectivity index is 2.16. The average molecular weight is 299 g/mol. The lowest BCUT2D eigenvalue weighted by Crippen LogP contribution is -2.57. The number of nitrogens with zero attached hydrogens (tertiary/aromatic N) is 2. The highest BCUT2D eigenvalue weighted by Gasteiger charge is 2.43. The third-order valence-corrected chi connectivity index (χ3v) is 4.11. The van der Waals surface area contributed by atoms with Gasteiger partial charge < -0.3 is 25.3 Å². The van der Waals surface area contributed by atoms with Gasteiger partial charge in [-0.2, -0.15) is 0 Å². The van der Waals surface area contributed by atoms with Crippen molar-refractivity contribution in [2.24, 2.45) is 0 Å². The van der Waals surface area contributed by atoms with E-state index in [1.54, 1.807) is 0 Å². The molecule has 3 atom stereocenters. The highest BCUT2D eigenvalue weighted by atomic mass is 16.4. The normalized spacial score (nSPS) is 29.3. The van der Waals surface area contributed by atoms with Gasteiger partial charge in [-0.25, -0.2) is 9.59 Å². The number of nitrogens with one attached hydrogen (secondary N) is 1. The highest BCUT2D eigenvalue weighted by molar-refractivity contribution is 5.89. The Morgan fingerprint density at radius 3 is 2.48 bits per heavy atom. The minimum absolute atomic E-state index is 0.00718. The summed E-state index contributed by atoms with van der Waals surface area (Å²) in [6.07, 6.45) is 1.40. The summed E-state index contributed by atoms with van der Waals surface area (Å²) in [4.78, 5) is 38.3. The van der Waals surface area contributed by atoms with Crippen LogP contribution in [0.2, 0.25) is 0 Å². The number of hydrogen-bond donors (Lipinski definition) is 3. The molecule has 0 saturated carbocycles. The van der Waals surface area contributed by atoms with Crippen molar-refractivity contribution in [2.45, 2.75) is 43.9 Å². The first-order valence-electron chi connectivity index (χ1n) is 7.15. The molecular weight excluding hydrogens is 278 g/mol. The van der Waals surface area contributed by atoms with Gasteiger partial charge in [0, 0.05) is 26.6 Å². The fourth-order valence-corrected chi connectivity index (χ4v) is 3.02. The van der Waals surface area contributed by atoms with Gasteiger partial charge in [0.1, 0.15) is 12.1 Å². The molecule has 3 amide bonds. The standard InChI is InChI=1S/C13H21N3O5/c1-14-11(18)9-4-2-3-5-15(9)13(21)16-7-8(17)6-10(16)12(19)20/h8-10,17H,2-7H2,1H3,(H,14,18)(H,19,20)/t8?,9?,10-/m0/s1. The fraction of sp³-hybridized carbons (Fsp3) is 0.769. The van der Waals surface area contributed by atoms with E-state index in [0.717, 1.165) is 17.7 Å². The lowest BCUT2D eigenvalue weighted by Gasteiger charge is -2.37. The largest absolute Gasteiger partial charge is 0.480 e. The number of aliphatic hydroxyl groups excluding tert-OH is 1. The molecule has 0 aliphatic carbocycles. The van der Waals surface area contributed by atoms with Gasteiger partial charge in [-0.3, -0.25) is 4.79 Å². The molecule has 21 heavy (non-hydrogen) atoms. The Hall–Kier alpha value is -1.83. The molecule has 2 saturated heterocycles. The van der Waals surface area contributed by atoms with E-state index in [-0.39, 0.29) is 18.9 Å². The smallest absolute Gasteiger partial charge is 0.326 e. The van der Waals surface area contributed by atoms with Crippen molar-refractivity contribution in [2.75, 3.05) is 20.1 Å². The average Bonchev–Trinajstić information content (AvgIpc) is 2.88. The number of likely N-dealkylation sites (N-methyl/N-ethyl adjacent to an activating group) is 1. The molecule has 0 aromatic carbocycles. The first-order valence-corrected chi connectivity index (χ1v) is 7.15. The topological polar surface area (TPSA) is 110 Å². The zero-order valence-electron chi connectivity index (χ0n) is 12.0. The van der Waals surface area contributed by atoms with Crippen molar-refractivity contribution in [3.8, 4) is 0 Å². The molecule has 2 unspecified atom stereocenters. The van der Waals surface area contributed by atoms with E-state index >= 15 is 0 Å². The number of hydrogen-bond acceptors (Lipinski definition) is 4. The summed E-state index contributed by atoms with van der Waals surface area (Å²) in [5.41, 5.74) is 0. The van der Waals surface area contributed by atoms with Gasteiger partial charge in [0.25, 0.3) is 0 Å². The fourth-order valence-electron chi connectivity index (χ4n) is 3.02. The molecule has 8 nitrogen and oxygen atoms in total. The molecule has 2 aliphatic rings. The van der Waals surface area contributed by atoms with Gasteiger partial charge in [0.2, 0.25) is 5.91 Å². The minimum Gasteiger partial charge on any atom is -0.480 e. The van der Waals surface area contributed by atoms with Gasteiger partial charge in [0.05, 0.1) is 6.10 Å². The number of β-amino-alcohol motifs (C(OH)–C–C–N with tert-alkyl or cyclic N) is 1. The number of rotatable bonds is 2. The maximum absolute atomic E-state index is 12.6. The van der Waals surface area contributed by atoms with E-state index < -0.39 is 30.2 Å². The van der Waals surface area contributed by atoms with E-state index in [2.05, 4.69) is 5.32 Å². The molecule has 2 rings (SSSR count). The van der Waals surface area contributed by atoms with Crippen molar-refractivity contribution in [3.05, 3.63) is 0 Å². The third kappa shape index (κ3) is 3.10. The summed E-state index contributed by atoms with van der Waals surface area (Å²) in [6, 6.07) is -2.07. The number of carbonyl (C=O) groups excluding carboxylic acids is 2. The van der Waals surface area contributed by atoms with Crippen molar-refractivity contribution < 1.29 is 24.6 Å². The van der Waals surface area contributed by atoms with Crippen LogP contribution < -0.4 is 5.32 Å². The molecule has 2 aliphatic heterocycles. The predicted molar refractivity (Wildman–Crippen MR) is 72.6 cm³/mol. The molecule has 2 fully saturated rings. The van der Waals surface area contributed by atoms with Crippen LogP contribution >= 0.6 is 0 Å². The summed E-state index contributed by atoms with van der Waals surface area (Å²) in [5, 5.41) is 21.3. The van der Waals surface area contributed by atoms with Gasteiger partial charge >= 0.3 is 12.0 Å². The van der Waals surface area contributed by atoms with E-state index in [0.29, 0.717) is 13.0 Å². The highest BCUT2D eigenvalue weighted by Crippen LogP contribution is 2.24. The van der Waals surface area contributed by atoms with Gasteiger partial charge in [-0.05, 0) is 19.3 Å². The van der Waals surface area contributed by atoms with Crippen LogP contribution in [0.4, 0.5) is 4.79 Å². The molecular formula is C13H21N3O5. The number of carbonyl (C=O) groups is 3. The predicted octanol–water partition coefficient (Wildman–Crippen LogP) is -0.773. The second-order valence-corrected chi connectivity index (χ2v) is 5.50. The lowest BCUT2D eigenvalue weighted by atomic mass is 10.0. The SMILES string of the molecule is CNC(=O)C1CCCCN1C(=O)N1CC(O)C[C@H]1C(=O)O. The Kier molecular flexibility index (Phi) is 4.66. The van der Waals surface area contributed by atoms with E-state index in [4.69, 9.17) is 5.11 Å². The molecule has 0 radical (unpaired) electrons. The maximum atomic E-state index is 12.6. The van der Waals surface area contributed by atoms with Crippen LogP contribution in [0.25, 0.3) is 0 Å². The summed E-state index contributed by atoms with van der Waals surface area (Å²) in [5.74, 6) is -1.37. The third-order valence-electron chi connectivity index (χ3n) is 4.11. The summed E-state index contributed by atoms with van der Waals surface area (Å²) < 4.78 is 0. The van der Waals surface area contributed by atoms with Crippen LogP contribution in [0.5, 0.6) is 0 Å². The van der Waals surface area contributed by atoms with Crippen molar-refractivity contribution in [1.82, 2.24) is 15.1 Å². The number of aliphatic carboxylic acids is 1. The summed E-state index contributed by atoms with van der Waals surface area (Å²) in [6.45, 7) is 0.419. The van der Waals surface area contributed by atoms with Crippen molar-refractivity contribution in [3.63, 3.8) is 0 Å². The number of likely N-dealkylation sites (tertiary alicyclic amines) is 2. The molecule has 8 heteroatoms. The number of aliphatic hydroxyl groups is 1. The van der Waals surface area contributed by atoms with Crippen molar-refractivity contribution in [1.29, 1.82) is 0 Å². The first kappa shape index (κ1) is 15.6. The Morgan fingerprint density at radius 1 is 1.14 bits per heavy atom. The van der Waals surface area contributed by atoms with Crippen LogP contribution in [0.15, 0.2) is 0 Å². The summed E-state index contributed by atoms with van der Waals surface area (Å²) in [7, 11) is 1.51. The van der Waals surface area contributed by atoms with Crippen LogP contribution in [0, 0.1) is 0 Å². The second kappa shape index (κ2) is 6.30. The zero-order valence-corrected chi connectivity index (χ0v) is 12.0. The first-order chi connectivity index (χ1) is 9.95. The van der Waals surface area contributed by atoms with E-state index in [1.165, 1.54) is 11.9 Å². The van der Waals surface area contributed by atoms with Gasteiger partial charge in [0.15, 0.2) is 0 Å². The molecule has 0 bridgehead atoms. The summed E-state index contributed by atoms with van der Waals surface area (Å²) >= 11 is 0. The van der Waals surface area contributed by atoms with Gasteiger partial charge in [-0.15, -0.1) is 0 Å². The second-order valence-electron chi connectivity index (χ2n) is 5.50. The number of carboxylic acids is 1. The molecule has 0 aromatic heterocycles. The zero-order chi connectivity index (χ0) is 15.6. The lowest BCUT2D eigenvalue weighted by molar-refractivity contribution is -0.141. The molecule has 2 heterocycles. The molecule has 0 spiro atoms. The number of piperidine rings is 1. The van der Waals surface area contributed by atoms with Crippen LogP contribution in [-0.4, -0.2) is 76.2 Å². The molecule has 118 valence electrons. The Morgan fingerprint density at radius 2 is 1.86 bits per heavy atom. The van der Waals surface area contributed by atoms with Crippen molar-refractivity contribution >= 4 is 17.9 Å². The van der Waals surface area contributed by atoms with Gasteiger partial charge in [-0.1, -0.05) is 0 Å². The quantitative estimate of drug-likeness (QED) is 0.620.